The molecule has 1 atom stereocenters. The molecular formula is C25H49NO. The van der Waals surface area contributed by atoms with Gasteiger partial charge in [-0.1, -0.05) is 110 Å². The Labute approximate surface area is 170 Å². The van der Waals surface area contributed by atoms with Crippen LogP contribution in [0.15, 0.2) is 12.2 Å². The van der Waals surface area contributed by atoms with Crippen LogP contribution in [0, 0.1) is 11.3 Å². The number of hydrogen-bond acceptors (Lipinski definition) is 1. The molecule has 0 spiro atoms. The molecule has 0 aliphatic heterocycles. The summed E-state index contributed by atoms with van der Waals surface area (Å²) in [6.07, 6.45) is 26.1. The van der Waals surface area contributed by atoms with Crippen LogP contribution in [0.5, 0.6) is 0 Å². The summed E-state index contributed by atoms with van der Waals surface area (Å²) in [7, 11) is 0. The molecule has 0 fully saturated rings. The summed E-state index contributed by atoms with van der Waals surface area (Å²) in [5.41, 5.74) is 5.12. The molecule has 1 unspecified atom stereocenters. The quantitative estimate of drug-likeness (QED) is 0.179. The Balaban J connectivity index is 3.34. The fourth-order valence-electron chi connectivity index (χ4n) is 3.48. The van der Waals surface area contributed by atoms with Gasteiger partial charge in [0.05, 0.1) is 0 Å². The first-order valence-electron chi connectivity index (χ1n) is 11.9. The van der Waals surface area contributed by atoms with Gasteiger partial charge in [0.15, 0.2) is 0 Å². The van der Waals surface area contributed by atoms with E-state index in [1.807, 2.05) is 13.8 Å². The summed E-state index contributed by atoms with van der Waals surface area (Å²) in [6.45, 7) is 8.38. The van der Waals surface area contributed by atoms with E-state index in [2.05, 4.69) is 26.0 Å². The highest BCUT2D eigenvalue weighted by atomic mass is 16.1. The zero-order valence-electron chi connectivity index (χ0n) is 19.0. The van der Waals surface area contributed by atoms with E-state index >= 15 is 0 Å². The zero-order chi connectivity index (χ0) is 20.4. The minimum Gasteiger partial charge on any atom is -0.369 e. The predicted molar refractivity (Wildman–Crippen MR) is 121 cm³/mol. The number of unbranched alkanes of at least 4 members (excludes halogenated alkanes) is 13. The average molecular weight is 380 g/mol. The van der Waals surface area contributed by atoms with Gasteiger partial charge in [-0.15, -0.1) is 0 Å². The molecule has 2 nitrogen and oxygen atoms in total. The van der Waals surface area contributed by atoms with Crippen molar-refractivity contribution in [2.45, 2.75) is 130 Å². The molecule has 0 aliphatic rings. The van der Waals surface area contributed by atoms with Crippen molar-refractivity contribution in [2.24, 2.45) is 17.1 Å². The number of allylic oxidation sites excluding steroid dienone is 2. The third kappa shape index (κ3) is 14.9. The first-order chi connectivity index (χ1) is 12.9. The number of carbonyl (C=O) groups is 1. The topological polar surface area (TPSA) is 43.1 Å². The van der Waals surface area contributed by atoms with Crippen molar-refractivity contribution in [2.75, 3.05) is 0 Å². The highest BCUT2D eigenvalue weighted by Gasteiger charge is 2.31. The molecule has 0 saturated carbocycles. The van der Waals surface area contributed by atoms with Crippen LogP contribution in [0.3, 0.4) is 0 Å². The lowest BCUT2D eigenvalue weighted by Gasteiger charge is -2.28. The summed E-state index contributed by atoms with van der Waals surface area (Å²) in [6, 6.07) is 0. The molecule has 2 N–H and O–H groups in total. The van der Waals surface area contributed by atoms with E-state index in [4.69, 9.17) is 5.73 Å². The van der Waals surface area contributed by atoms with Crippen LogP contribution in [0.25, 0.3) is 0 Å². The third-order valence-electron chi connectivity index (χ3n) is 6.27. The second kappa shape index (κ2) is 17.3. The first kappa shape index (κ1) is 26.2. The van der Waals surface area contributed by atoms with Gasteiger partial charge in [-0.25, -0.2) is 0 Å². The van der Waals surface area contributed by atoms with Crippen molar-refractivity contribution in [1.29, 1.82) is 0 Å². The molecule has 1 amide bonds. The third-order valence-corrected chi connectivity index (χ3v) is 6.27. The highest BCUT2D eigenvalue weighted by Crippen LogP contribution is 2.30. The zero-order valence-corrected chi connectivity index (χ0v) is 19.0. The molecular weight excluding hydrogens is 330 g/mol. The van der Waals surface area contributed by atoms with Crippen LogP contribution in [0.4, 0.5) is 0 Å². The van der Waals surface area contributed by atoms with Crippen LogP contribution in [0.1, 0.15) is 130 Å². The molecule has 0 rings (SSSR count). The van der Waals surface area contributed by atoms with Gasteiger partial charge in [0, 0.05) is 5.41 Å². The number of rotatable bonds is 19. The van der Waals surface area contributed by atoms with Crippen molar-refractivity contribution in [3.8, 4) is 0 Å². The molecule has 0 aromatic heterocycles. The molecule has 160 valence electrons. The average Bonchev–Trinajstić information content (AvgIpc) is 2.63. The number of primary amides is 1. The van der Waals surface area contributed by atoms with Crippen LogP contribution in [-0.4, -0.2) is 5.91 Å². The monoisotopic (exact) mass is 379 g/mol. The lowest BCUT2D eigenvalue weighted by atomic mass is 9.77. The lowest BCUT2D eigenvalue weighted by molar-refractivity contribution is -0.128. The molecule has 0 aromatic carbocycles. The number of hydrogen-bond donors (Lipinski definition) is 1. The minimum atomic E-state index is -0.372. The van der Waals surface area contributed by atoms with Gasteiger partial charge in [0.25, 0.3) is 0 Å². The maximum absolute atomic E-state index is 11.5. The normalized spacial score (nSPS) is 13.3. The van der Waals surface area contributed by atoms with Gasteiger partial charge in [0.2, 0.25) is 5.91 Å². The van der Waals surface area contributed by atoms with Crippen molar-refractivity contribution >= 4 is 5.91 Å². The summed E-state index contributed by atoms with van der Waals surface area (Å²) in [5, 5.41) is 0. The van der Waals surface area contributed by atoms with Gasteiger partial charge < -0.3 is 5.73 Å². The van der Waals surface area contributed by atoms with Crippen LogP contribution in [0.2, 0.25) is 0 Å². The molecule has 0 aliphatic carbocycles. The number of carbonyl (C=O) groups excluding carboxylic acids is 1. The van der Waals surface area contributed by atoms with E-state index in [1.165, 1.54) is 96.3 Å². The molecule has 0 radical (unpaired) electrons. The second-order valence-corrected chi connectivity index (χ2v) is 9.07. The van der Waals surface area contributed by atoms with Gasteiger partial charge in [0.1, 0.15) is 0 Å². The van der Waals surface area contributed by atoms with Crippen LogP contribution >= 0.6 is 0 Å². The molecule has 27 heavy (non-hydrogen) atoms. The maximum Gasteiger partial charge on any atom is 0.223 e. The Bertz CT molecular complexity index is 373. The first-order valence-corrected chi connectivity index (χ1v) is 11.9. The summed E-state index contributed by atoms with van der Waals surface area (Å²) in [5.74, 6) is 0.203. The van der Waals surface area contributed by atoms with Gasteiger partial charge in [-0.3, -0.25) is 4.79 Å². The lowest BCUT2D eigenvalue weighted by Crippen LogP contribution is -2.37. The minimum absolute atomic E-state index is 0.170. The Hall–Kier alpha value is -0.790. The number of amides is 1. The van der Waals surface area contributed by atoms with Crippen LogP contribution < -0.4 is 5.73 Å². The van der Waals surface area contributed by atoms with Gasteiger partial charge >= 0.3 is 0 Å². The van der Waals surface area contributed by atoms with E-state index < -0.39 is 0 Å². The highest BCUT2D eigenvalue weighted by molar-refractivity contribution is 5.80. The molecule has 0 saturated heterocycles. The molecule has 0 bridgehead atoms. The van der Waals surface area contributed by atoms with E-state index in [-0.39, 0.29) is 11.3 Å². The largest absolute Gasteiger partial charge is 0.369 e. The van der Waals surface area contributed by atoms with Crippen molar-refractivity contribution in [1.82, 2.24) is 0 Å². The second-order valence-electron chi connectivity index (χ2n) is 9.07. The molecule has 2 heteroatoms. The van der Waals surface area contributed by atoms with Crippen LogP contribution in [-0.2, 0) is 4.79 Å². The fraction of sp³-hybridized carbons (Fsp3) is 0.880. The standard InChI is InChI=1S/C25H49NO/c1-5-6-7-8-9-10-11-12-13-14-15-16-17-18-19-20-21-22-23(2)25(3,4)24(26)27/h12-13,23H,5-11,14-22H2,1-4H3,(H2,26,27)/b13-12-. The van der Waals surface area contributed by atoms with E-state index in [0.717, 1.165) is 6.42 Å². The smallest absolute Gasteiger partial charge is 0.223 e. The maximum atomic E-state index is 11.5. The van der Waals surface area contributed by atoms with Crippen molar-refractivity contribution in [3.05, 3.63) is 12.2 Å². The predicted octanol–water partition coefficient (Wildman–Crippen LogP) is 7.95. The van der Waals surface area contributed by atoms with Crippen molar-refractivity contribution < 1.29 is 4.79 Å². The fourth-order valence-corrected chi connectivity index (χ4v) is 3.48. The summed E-state index contributed by atoms with van der Waals surface area (Å²) >= 11 is 0. The molecule has 0 aromatic rings. The number of nitrogens with two attached hydrogens (primary N) is 1. The summed E-state index contributed by atoms with van der Waals surface area (Å²) in [4.78, 5) is 11.5. The Morgan fingerprint density at radius 3 is 1.63 bits per heavy atom. The molecule has 0 heterocycles. The Morgan fingerprint density at radius 2 is 1.19 bits per heavy atom. The Morgan fingerprint density at radius 1 is 0.778 bits per heavy atom. The summed E-state index contributed by atoms with van der Waals surface area (Å²) < 4.78 is 0. The van der Waals surface area contributed by atoms with Gasteiger partial charge in [-0.2, -0.15) is 0 Å². The van der Waals surface area contributed by atoms with E-state index in [1.54, 1.807) is 0 Å². The van der Waals surface area contributed by atoms with Crippen molar-refractivity contribution in [3.63, 3.8) is 0 Å². The SMILES string of the molecule is CCCCCCCC/C=C\CCCCCCCCCC(C)C(C)(C)C(N)=O. The Kier molecular flexibility index (Phi) is 16.8. The van der Waals surface area contributed by atoms with E-state index in [0.29, 0.717) is 5.92 Å². The van der Waals surface area contributed by atoms with Gasteiger partial charge in [-0.05, 0) is 38.0 Å². The van der Waals surface area contributed by atoms with E-state index in [9.17, 15) is 4.79 Å².